The molecule has 0 spiro atoms. The summed E-state index contributed by atoms with van der Waals surface area (Å²) in [7, 11) is 0. The topological polar surface area (TPSA) is 24.5 Å². The van der Waals surface area contributed by atoms with Gasteiger partial charge in [0, 0.05) is 25.7 Å². The van der Waals surface area contributed by atoms with E-state index >= 15 is 0 Å². The van der Waals surface area contributed by atoms with E-state index in [0.29, 0.717) is 12.1 Å². The zero-order valence-corrected chi connectivity index (χ0v) is 13.0. The maximum atomic E-state index is 5.91. The lowest BCUT2D eigenvalue weighted by atomic mass is 10.0. The summed E-state index contributed by atoms with van der Waals surface area (Å²) in [6.45, 7) is 5.57. The van der Waals surface area contributed by atoms with E-state index in [0.717, 1.165) is 32.7 Å². The minimum absolute atomic E-state index is 0.467. The number of benzene rings is 1. The molecule has 3 rings (SSSR count). The number of nitrogens with zero attached hydrogens (tertiary/aromatic N) is 1. The molecule has 2 atom stereocenters. The fourth-order valence-electron chi connectivity index (χ4n) is 3.52. The second kappa shape index (κ2) is 7.92. The first kappa shape index (κ1) is 15.0. The molecule has 1 aromatic carbocycles. The molecule has 0 amide bonds. The van der Waals surface area contributed by atoms with E-state index in [1.165, 1.54) is 37.8 Å². The summed E-state index contributed by atoms with van der Waals surface area (Å²) in [5.41, 5.74) is 1.44. The van der Waals surface area contributed by atoms with E-state index in [1.807, 2.05) is 0 Å². The third-order valence-corrected chi connectivity index (χ3v) is 4.62. The molecule has 0 aromatic heterocycles. The first-order chi connectivity index (χ1) is 10.4. The maximum Gasteiger partial charge on any atom is 0.0702 e. The average Bonchev–Trinajstić information content (AvgIpc) is 2.74. The van der Waals surface area contributed by atoms with Gasteiger partial charge in [-0.2, -0.15) is 0 Å². The molecule has 116 valence electrons. The second-order valence-electron chi connectivity index (χ2n) is 6.44. The molecule has 2 aliphatic heterocycles. The van der Waals surface area contributed by atoms with Crippen molar-refractivity contribution in [3.05, 3.63) is 35.9 Å². The Labute approximate surface area is 128 Å². The Kier molecular flexibility index (Phi) is 5.67. The Morgan fingerprint density at radius 3 is 2.86 bits per heavy atom. The SMILES string of the molecule is c1ccc(CC2CN(CC3CCCCO3)CCCN2)cc1. The summed E-state index contributed by atoms with van der Waals surface area (Å²) in [5.74, 6) is 0. The minimum atomic E-state index is 0.467. The molecular formula is C18H28N2O. The van der Waals surface area contributed by atoms with Crippen LogP contribution in [0.15, 0.2) is 30.3 Å². The van der Waals surface area contributed by atoms with Gasteiger partial charge in [0.1, 0.15) is 0 Å². The van der Waals surface area contributed by atoms with E-state index in [2.05, 4.69) is 40.5 Å². The molecule has 1 aromatic rings. The third kappa shape index (κ3) is 4.80. The first-order valence-corrected chi connectivity index (χ1v) is 8.51. The van der Waals surface area contributed by atoms with Gasteiger partial charge in [-0.15, -0.1) is 0 Å². The van der Waals surface area contributed by atoms with Gasteiger partial charge in [0.25, 0.3) is 0 Å². The number of ether oxygens (including phenoxy) is 1. The van der Waals surface area contributed by atoms with E-state index in [-0.39, 0.29) is 0 Å². The summed E-state index contributed by atoms with van der Waals surface area (Å²) in [6.07, 6.45) is 6.67. The smallest absolute Gasteiger partial charge is 0.0702 e. The fourth-order valence-corrected chi connectivity index (χ4v) is 3.52. The lowest BCUT2D eigenvalue weighted by Gasteiger charge is -2.30. The summed E-state index contributed by atoms with van der Waals surface area (Å²) >= 11 is 0. The van der Waals surface area contributed by atoms with Gasteiger partial charge in [-0.3, -0.25) is 4.90 Å². The Bertz CT molecular complexity index is 403. The first-order valence-electron chi connectivity index (χ1n) is 8.51. The van der Waals surface area contributed by atoms with Crippen molar-refractivity contribution >= 4 is 0 Å². The van der Waals surface area contributed by atoms with Crippen LogP contribution in [0.2, 0.25) is 0 Å². The highest BCUT2D eigenvalue weighted by Crippen LogP contribution is 2.15. The highest BCUT2D eigenvalue weighted by molar-refractivity contribution is 5.16. The van der Waals surface area contributed by atoms with Crippen LogP contribution in [0.4, 0.5) is 0 Å². The van der Waals surface area contributed by atoms with Crippen LogP contribution in [-0.4, -0.2) is 49.8 Å². The van der Waals surface area contributed by atoms with Crippen molar-refractivity contribution in [2.45, 2.75) is 44.2 Å². The molecule has 1 N–H and O–H groups in total. The van der Waals surface area contributed by atoms with Crippen molar-refractivity contribution in [2.24, 2.45) is 0 Å². The van der Waals surface area contributed by atoms with E-state index in [4.69, 9.17) is 4.74 Å². The Morgan fingerprint density at radius 2 is 2.05 bits per heavy atom. The Morgan fingerprint density at radius 1 is 1.14 bits per heavy atom. The van der Waals surface area contributed by atoms with Gasteiger partial charge in [0.15, 0.2) is 0 Å². The standard InChI is InChI=1S/C18H28N2O/c1-2-7-16(8-3-1)13-17-14-20(11-6-10-19-17)15-18-9-4-5-12-21-18/h1-3,7-8,17-19H,4-6,9-15H2. The molecule has 0 radical (unpaired) electrons. The zero-order valence-electron chi connectivity index (χ0n) is 13.0. The van der Waals surface area contributed by atoms with Gasteiger partial charge in [-0.25, -0.2) is 0 Å². The third-order valence-electron chi connectivity index (χ3n) is 4.62. The van der Waals surface area contributed by atoms with Crippen LogP contribution in [0, 0.1) is 0 Å². The maximum absolute atomic E-state index is 5.91. The van der Waals surface area contributed by atoms with Crippen LogP contribution in [0.3, 0.4) is 0 Å². The quantitative estimate of drug-likeness (QED) is 0.921. The van der Waals surface area contributed by atoms with Crippen LogP contribution in [0.1, 0.15) is 31.2 Å². The lowest BCUT2D eigenvalue weighted by molar-refractivity contribution is -0.00582. The molecular weight excluding hydrogens is 260 g/mol. The van der Waals surface area contributed by atoms with Crippen LogP contribution in [-0.2, 0) is 11.2 Å². The molecule has 3 heteroatoms. The number of hydrogen-bond acceptors (Lipinski definition) is 3. The van der Waals surface area contributed by atoms with Gasteiger partial charge < -0.3 is 10.1 Å². The van der Waals surface area contributed by atoms with Crippen LogP contribution in [0.25, 0.3) is 0 Å². The lowest BCUT2D eigenvalue weighted by Crippen LogP contribution is -2.43. The molecule has 3 nitrogen and oxygen atoms in total. The predicted octanol–water partition coefficient (Wildman–Crippen LogP) is 2.46. The van der Waals surface area contributed by atoms with E-state index < -0.39 is 0 Å². The van der Waals surface area contributed by atoms with Crippen molar-refractivity contribution in [3.8, 4) is 0 Å². The average molecular weight is 288 g/mol. The predicted molar refractivity (Wildman–Crippen MR) is 86.6 cm³/mol. The zero-order chi connectivity index (χ0) is 14.3. The molecule has 21 heavy (non-hydrogen) atoms. The van der Waals surface area contributed by atoms with Crippen molar-refractivity contribution in [2.75, 3.05) is 32.8 Å². The summed E-state index contributed by atoms with van der Waals surface area (Å²) in [5, 5.41) is 3.71. The number of hydrogen-bond donors (Lipinski definition) is 1. The highest BCUT2D eigenvalue weighted by Gasteiger charge is 2.22. The van der Waals surface area contributed by atoms with Crippen LogP contribution >= 0.6 is 0 Å². The second-order valence-corrected chi connectivity index (χ2v) is 6.44. The normalized spacial score (nSPS) is 28.2. The molecule has 2 fully saturated rings. The van der Waals surface area contributed by atoms with Gasteiger partial charge in [-0.05, 0) is 50.8 Å². The number of nitrogens with one attached hydrogen (secondary N) is 1. The van der Waals surface area contributed by atoms with Gasteiger partial charge in [0.05, 0.1) is 6.10 Å². The van der Waals surface area contributed by atoms with Gasteiger partial charge in [-0.1, -0.05) is 30.3 Å². The van der Waals surface area contributed by atoms with Crippen molar-refractivity contribution < 1.29 is 4.74 Å². The van der Waals surface area contributed by atoms with Crippen LogP contribution < -0.4 is 5.32 Å². The molecule has 2 unspecified atom stereocenters. The molecule has 2 heterocycles. The van der Waals surface area contributed by atoms with Crippen LogP contribution in [0.5, 0.6) is 0 Å². The molecule has 0 aliphatic carbocycles. The van der Waals surface area contributed by atoms with Gasteiger partial charge in [0.2, 0.25) is 0 Å². The highest BCUT2D eigenvalue weighted by atomic mass is 16.5. The minimum Gasteiger partial charge on any atom is -0.377 e. The molecule has 2 saturated heterocycles. The van der Waals surface area contributed by atoms with Gasteiger partial charge >= 0.3 is 0 Å². The summed E-state index contributed by atoms with van der Waals surface area (Å²) in [4.78, 5) is 2.61. The summed E-state index contributed by atoms with van der Waals surface area (Å²) in [6, 6.07) is 11.4. The number of rotatable bonds is 4. The molecule has 0 saturated carbocycles. The largest absolute Gasteiger partial charge is 0.377 e. The van der Waals surface area contributed by atoms with Crippen molar-refractivity contribution in [3.63, 3.8) is 0 Å². The van der Waals surface area contributed by atoms with Crippen molar-refractivity contribution in [1.82, 2.24) is 10.2 Å². The Balaban J connectivity index is 1.53. The fraction of sp³-hybridized carbons (Fsp3) is 0.667. The molecule has 0 bridgehead atoms. The van der Waals surface area contributed by atoms with Crippen molar-refractivity contribution in [1.29, 1.82) is 0 Å². The molecule has 2 aliphatic rings. The van der Waals surface area contributed by atoms with E-state index in [9.17, 15) is 0 Å². The summed E-state index contributed by atoms with van der Waals surface area (Å²) < 4.78 is 5.91. The monoisotopic (exact) mass is 288 g/mol. The van der Waals surface area contributed by atoms with E-state index in [1.54, 1.807) is 0 Å². The Hall–Kier alpha value is -0.900.